The lowest BCUT2D eigenvalue weighted by molar-refractivity contribution is -0.123. The molecule has 0 aliphatic carbocycles. The smallest absolute Gasteiger partial charge is 0.232 e. The second-order valence-corrected chi connectivity index (χ2v) is 6.04. The predicted octanol–water partition coefficient (Wildman–Crippen LogP) is 3.21. The van der Waals surface area contributed by atoms with Crippen LogP contribution in [0.4, 0.5) is 11.4 Å². The van der Waals surface area contributed by atoms with E-state index >= 15 is 0 Å². The van der Waals surface area contributed by atoms with E-state index in [1.807, 2.05) is 48.5 Å². The molecule has 2 amide bonds. The molecule has 0 spiro atoms. The summed E-state index contributed by atoms with van der Waals surface area (Å²) in [6.45, 7) is 0. The van der Waals surface area contributed by atoms with Crippen molar-refractivity contribution in [1.29, 1.82) is 0 Å². The highest BCUT2D eigenvalue weighted by molar-refractivity contribution is 6.05. The van der Waals surface area contributed by atoms with Gasteiger partial charge in [0.1, 0.15) is 0 Å². The molecule has 128 valence electrons. The molecule has 2 N–H and O–H groups in total. The lowest BCUT2D eigenvalue weighted by Gasteiger charge is -2.24. The first kappa shape index (κ1) is 16.0. The first-order valence-corrected chi connectivity index (χ1v) is 8.28. The molecule has 0 saturated heterocycles. The first-order valence-electron chi connectivity index (χ1n) is 8.28. The third-order valence-electron chi connectivity index (χ3n) is 4.27. The molecule has 6 nitrogen and oxygen atoms in total. The molecule has 3 aromatic rings. The molecule has 1 aliphatic rings. The fourth-order valence-corrected chi connectivity index (χ4v) is 3.00. The SMILES string of the molecule is O=C1CC(C(=O)Nc2cnc(-c3ccccc3)nc2)c2ccccc2N1. The number of hydrogen-bond acceptors (Lipinski definition) is 4. The van der Waals surface area contributed by atoms with Crippen LogP contribution in [0.15, 0.2) is 67.0 Å². The van der Waals surface area contributed by atoms with Crippen LogP contribution in [0.3, 0.4) is 0 Å². The maximum absolute atomic E-state index is 12.7. The van der Waals surface area contributed by atoms with Crippen molar-refractivity contribution in [2.24, 2.45) is 0 Å². The van der Waals surface area contributed by atoms with Gasteiger partial charge in [-0.15, -0.1) is 0 Å². The van der Waals surface area contributed by atoms with Crippen molar-refractivity contribution in [3.63, 3.8) is 0 Å². The zero-order chi connectivity index (χ0) is 17.9. The van der Waals surface area contributed by atoms with Gasteiger partial charge in [0, 0.05) is 17.7 Å². The molecule has 1 aliphatic heterocycles. The van der Waals surface area contributed by atoms with Gasteiger partial charge in [-0.3, -0.25) is 9.59 Å². The van der Waals surface area contributed by atoms with E-state index in [1.54, 1.807) is 18.5 Å². The second-order valence-electron chi connectivity index (χ2n) is 6.04. The van der Waals surface area contributed by atoms with Crippen molar-refractivity contribution < 1.29 is 9.59 Å². The zero-order valence-corrected chi connectivity index (χ0v) is 13.8. The van der Waals surface area contributed by atoms with Crippen LogP contribution in [-0.4, -0.2) is 21.8 Å². The predicted molar refractivity (Wildman–Crippen MR) is 98.5 cm³/mol. The summed E-state index contributed by atoms with van der Waals surface area (Å²) in [7, 11) is 0. The average molecular weight is 344 g/mol. The van der Waals surface area contributed by atoms with Crippen molar-refractivity contribution >= 4 is 23.2 Å². The Morgan fingerprint density at radius 3 is 2.46 bits per heavy atom. The fourth-order valence-electron chi connectivity index (χ4n) is 3.00. The summed E-state index contributed by atoms with van der Waals surface area (Å²) in [6, 6.07) is 16.9. The van der Waals surface area contributed by atoms with E-state index in [0.29, 0.717) is 17.2 Å². The number of anilines is 2. The van der Waals surface area contributed by atoms with Crippen LogP contribution >= 0.6 is 0 Å². The minimum absolute atomic E-state index is 0.117. The Morgan fingerprint density at radius 2 is 1.69 bits per heavy atom. The average Bonchev–Trinajstić information content (AvgIpc) is 2.68. The molecule has 1 unspecified atom stereocenters. The first-order chi connectivity index (χ1) is 12.7. The van der Waals surface area contributed by atoms with Crippen LogP contribution in [0.1, 0.15) is 17.9 Å². The molecular formula is C20H16N4O2. The zero-order valence-electron chi connectivity index (χ0n) is 13.8. The molecular weight excluding hydrogens is 328 g/mol. The molecule has 0 fully saturated rings. The van der Waals surface area contributed by atoms with Gasteiger partial charge < -0.3 is 10.6 Å². The molecule has 1 atom stereocenters. The van der Waals surface area contributed by atoms with Gasteiger partial charge in [-0.05, 0) is 11.6 Å². The molecule has 0 radical (unpaired) electrons. The number of benzene rings is 2. The number of rotatable bonds is 3. The van der Waals surface area contributed by atoms with E-state index in [1.165, 1.54) is 0 Å². The van der Waals surface area contributed by atoms with Crippen LogP contribution in [0.25, 0.3) is 11.4 Å². The monoisotopic (exact) mass is 344 g/mol. The second kappa shape index (κ2) is 6.76. The Balaban J connectivity index is 1.53. The van der Waals surface area contributed by atoms with Crippen molar-refractivity contribution in [2.45, 2.75) is 12.3 Å². The number of aromatic nitrogens is 2. The molecule has 6 heteroatoms. The highest BCUT2D eigenvalue weighted by Crippen LogP contribution is 2.32. The number of amides is 2. The van der Waals surface area contributed by atoms with Crippen molar-refractivity contribution in [3.05, 3.63) is 72.6 Å². The van der Waals surface area contributed by atoms with Gasteiger partial charge in [-0.25, -0.2) is 9.97 Å². The Morgan fingerprint density at radius 1 is 1.00 bits per heavy atom. The van der Waals surface area contributed by atoms with Crippen LogP contribution in [0.5, 0.6) is 0 Å². The Kier molecular flexibility index (Phi) is 4.15. The van der Waals surface area contributed by atoms with E-state index in [4.69, 9.17) is 0 Å². The topological polar surface area (TPSA) is 84.0 Å². The van der Waals surface area contributed by atoms with Crippen molar-refractivity contribution in [2.75, 3.05) is 10.6 Å². The van der Waals surface area contributed by atoms with Crippen molar-refractivity contribution in [1.82, 2.24) is 9.97 Å². The van der Waals surface area contributed by atoms with Gasteiger partial charge in [-0.1, -0.05) is 48.5 Å². The number of carbonyl (C=O) groups is 2. The van der Waals surface area contributed by atoms with Gasteiger partial charge in [0.05, 0.1) is 24.0 Å². The lowest BCUT2D eigenvalue weighted by atomic mass is 9.90. The molecule has 2 aromatic carbocycles. The summed E-state index contributed by atoms with van der Waals surface area (Å²) in [6.07, 6.45) is 3.26. The van der Waals surface area contributed by atoms with Crippen LogP contribution < -0.4 is 10.6 Å². The summed E-state index contributed by atoms with van der Waals surface area (Å²) < 4.78 is 0. The number of hydrogen-bond donors (Lipinski definition) is 2. The van der Waals surface area contributed by atoms with E-state index < -0.39 is 5.92 Å². The molecule has 0 bridgehead atoms. The van der Waals surface area contributed by atoms with Crippen LogP contribution in [0.2, 0.25) is 0 Å². The highest BCUT2D eigenvalue weighted by atomic mass is 16.2. The van der Waals surface area contributed by atoms with E-state index in [9.17, 15) is 9.59 Å². The third-order valence-corrected chi connectivity index (χ3v) is 4.27. The fraction of sp³-hybridized carbons (Fsp3) is 0.100. The van der Waals surface area contributed by atoms with Gasteiger partial charge in [0.25, 0.3) is 0 Å². The summed E-state index contributed by atoms with van der Waals surface area (Å²) in [5.74, 6) is -0.359. The molecule has 1 aromatic heterocycles. The number of nitrogens with zero attached hydrogens (tertiary/aromatic N) is 2. The standard InChI is InChI=1S/C20H16N4O2/c25-18-10-16(15-8-4-5-9-17(15)24-18)20(26)23-14-11-21-19(22-12-14)13-6-2-1-3-7-13/h1-9,11-12,16H,10H2,(H,23,26)(H,24,25). The lowest BCUT2D eigenvalue weighted by Crippen LogP contribution is -2.30. The molecule has 0 saturated carbocycles. The quantitative estimate of drug-likeness (QED) is 0.764. The molecule has 2 heterocycles. The summed E-state index contributed by atoms with van der Waals surface area (Å²) >= 11 is 0. The summed E-state index contributed by atoms with van der Waals surface area (Å²) in [5, 5.41) is 5.60. The molecule has 4 rings (SSSR count). The van der Waals surface area contributed by atoms with Crippen LogP contribution in [0, 0.1) is 0 Å². The maximum atomic E-state index is 12.7. The Bertz CT molecular complexity index is 955. The number of carbonyl (C=O) groups excluding carboxylic acids is 2. The number of nitrogens with one attached hydrogen (secondary N) is 2. The highest BCUT2D eigenvalue weighted by Gasteiger charge is 2.30. The Labute approximate surface area is 150 Å². The largest absolute Gasteiger partial charge is 0.326 e. The van der Waals surface area contributed by atoms with Gasteiger partial charge in [-0.2, -0.15) is 0 Å². The van der Waals surface area contributed by atoms with Crippen LogP contribution in [-0.2, 0) is 9.59 Å². The summed E-state index contributed by atoms with van der Waals surface area (Å²) in [4.78, 5) is 33.2. The molecule has 26 heavy (non-hydrogen) atoms. The summed E-state index contributed by atoms with van der Waals surface area (Å²) in [5.41, 5.74) is 2.90. The number of fused-ring (bicyclic) bond motifs is 1. The normalized spacial score (nSPS) is 15.7. The van der Waals surface area contributed by atoms with E-state index in [0.717, 1.165) is 11.1 Å². The van der Waals surface area contributed by atoms with E-state index in [-0.39, 0.29) is 18.2 Å². The van der Waals surface area contributed by atoms with Gasteiger partial charge in [0.15, 0.2) is 5.82 Å². The maximum Gasteiger partial charge on any atom is 0.232 e. The van der Waals surface area contributed by atoms with Crippen molar-refractivity contribution in [3.8, 4) is 11.4 Å². The minimum Gasteiger partial charge on any atom is -0.326 e. The van der Waals surface area contributed by atoms with E-state index in [2.05, 4.69) is 20.6 Å². The van der Waals surface area contributed by atoms with Gasteiger partial charge in [0.2, 0.25) is 11.8 Å². The number of para-hydroxylation sites is 1. The Hall–Kier alpha value is -3.54. The third kappa shape index (κ3) is 3.17. The van der Waals surface area contributed by atoms with Gasteiger partial charge >= 0.3 is 0 Å². The minimum atomic E-state index is -0.534.